The van der Waals surface area contributed by atoms with Gasteiger partial charge in [0.2, 0.25) is 0 Å². The summed E-state index contributed by atoms with van der Waals surface area (Å²) in [5.74, 6) is 0.0187. The summed E-state index contributed by atoms with van der Waals surface area (Å²) in [5, 5.41) is 8.34. The fraction of sp³-hybridized carbons (Fsp3) is 0.450. The predicted molar refractivity (Wildman–Crippen MR) is 104 cm³/mol. The van der Waals surface area contributed by atoms with Gasteiger partial charge in [-0.25, -0.2) is 0 Å². The molecule has 0 aliphatic carbocycles. The van der Waals surface area contributed by atoms with E-state index in [2.05, 4.69) is 10.2 Å². The van der Waals surface area contributed by atoms with Gasteiger partial charge in [0, 0.05) is 36.3 Å². The van der Waals surface area contributed by atoms with E-state index >= 15 is 0 Å². The van der Waals surface area contributed by atoms with Gasteiger partial charge in [-0.3, -0.25) is 14.7 Å². The van der Waals surface area contributed by atoms with E-state index in [9.17, 15) is 22.8 Å². The summed E-state index contributed by atoms with van der Waals surface area (Å²) < 4.78 is 47.2. The van der Waals surface area contributed by atoms with Crippen LogP contribution < -0.4 is 14.8 Å². The van der Waals surface area contributed by atoms with E-state index < -0.39 is 18.6 Å². The third-order valence-corrected chi connectivity index (χ3v) is 5.10. The minimum absolute atomic E-state index is 0.0144. The van der Waals surface area contributed by atoms with Crippen molar-refractivity contribution in [3.8, 4) is 11.5 Å². The fourth-order valence-corrected chi connectivity index (χ4v) is 3.44. The molecule has 0 bridgehead atoms. The maximum Gasteiger partial charge on any atom is 0.405 e. The van der Waals surface area contributed by atoms with Crippen molar-refractivity contribution in [2.45, 2.75) is 24.9 Å². The first kappa shape index (κ1) is 22.4. The first-order chi connectivity index (χ1) is 14.7. The van der Waals surface area contributed by atoms with Gasteiger partial charge in [-0.2, -0.15) is 18.3 Å². The lowest BCUT2D eigenvalue weighted by atomic mass is 9.93. The Hall–Kier alpha value is -3.24. The predicted octanol–water partition coefficient (Wildman–Crippen LogP) is 2.74. The second-order valence-corrected chi connectivity index (χ2v) is 7.17. The number of aromatic nitrogens is 2. The number of ether oxygens (including phenoxy) is 2. The highest BCUT2D eigenvalue weighted by Gasteiger charge is 2.29. The maximum absolute atomic E-state index is 12.9. The molecule has 2 amide bonds. The number of benzene rings is 1. The van der Waals surface area contributed by atoms with Crippen molar-refractivity contribution in [3.63, 3.8) is 0 Å². The molecule has 1 aliphatic heterocycles. The first-order valence-electron chi connectivity index (χ1n) is 9.62. The lowest BCUT2D eigenvalue weighted by Crippen LogP contribution is -2.38. The molecule has 1 aromatic heterocycles. The molecule has 1 fully saturated rings. The van der Waals surface area contributed by atoms with Crippen molar-refractivity contribution in [1.29, 1.82) is 0 Å². The molecule has 0 saturated carbocycles. The van der Waals surface area contributed by atoms with E-state index in [4.69, 9.17) is 9.47 Å². The third-order valence-electron chi connectivity index (χ3n) is 5.10. The quantitative estimate of drug-likeness (QED) is 0.720. The molecule has 1 aromatic carbocycles. The average Bonchev–Trinajstić information content (AvgIpc) is 3.26. The van der Waals surface area contributed by atoms with E-state index in [0.29, 0.717) is 48.7 Å². The molecule has 2 aromatic rings. The Kier molecular flexibility index (Phi) is 6.71. The number of nitrogens with zero attached hydrogens (tertiary/aromatic N) is 2. The number of H-pyrrole nitrogens is 1. The number of piperidine rings is 1. The number of alkyl halides is 3. The standard InChI is InChI=1S/C20H23F3N4O4/c1-30-14-7-13(8-15(9-14)31-2)19(29)27-5-3-12(4-6-27)16-10-17(26-25-16)18(28)24-11-20(21,22)23/h7-10,12H,3-6,11H2,1-2H3,(H,24,28)(H,25,26). The van der Waals surface area contributed by atoms with Crippen LogP contribution in [0.5, 0.6) is 11.5 Å². The Bertz CT molecular complexity index is 914. The zero-order valence-electron chi connectivity index (χ0n) is 17.1. The molecule has 2 N–H and O–H groups in total. The average molecular weight is 440 g/mol. The zero-order chi connectivity index (χ0) is 22.6. The van der Waals surface area contributed by atoms with Gasteiger partial charge in [-0.05, 0) is 31.0 Å². The summed E-state index contributed by atoms with van der Waals surface area (Å²) in [6, 6.07) is 6.44. The number of carbonyl (C=O) groups excluding carboxylic acids is 2. The second kappa shape index (κ2) is 9.27. The number of nitrogens with one attached hydrogen (secondary N) is 2. The van der Waals surface area contributed by atoms with Crippen molar-refractivity contribution in [3.05, 3.63) is 41.2 Å². The van der Waals surface area contributed by atoms with Gasteiger partial charge >= 0.3 is 6.18 Å². The molecule has 3 rings (SSSR count). The van der Waals surface area contributed by atoms with E-state index in [1.54, 1.807) is 28.4 Å². The van der Waals surface area contributed by atoms with Gasteiger partial charge < -0.3 is 19.7 Å². The molecular formula is C20H23F3N4O4. The Morgan fingerprint density at radius 1 is 1.13 bits per heavy atom. The molecule has 11 heteroatoms. The largest absolute Gasteiger partial charge is 0.497 e. The SMILES string of the molecule is COc1cc(OC)cc(C(=O)N2CCC(c3cc(C(=O)NCC(F)(F)F)n[nH]3)CC2)c1. The van der Waals surface area contributed by atoms with Crippen LogP contribution in [0.3, 0.4) is 0 Å². The number of hydrogen-bond donors (Lipinski definition) is 2. The van der Waals surface area contributed by atoms with E-state index in [1.807, 2.05) is 0 Å². The van der Waals surface area contributed by atoms with E-state index in [-0.39, 0.29) is 17.5 Å². The van der Waals surface area contributed by atoms with Crippen LogP contribution in [0.2, 0.25) is 0 Å². The normalized spacial score (nSPS) is 14.9. The minimum atomic E-state index is -4.49. The molecule has 0 radical (unpaired) electrons. The number of amides is 2. The number of methoxy groups -OCH3 is 2. The molecule has 2 heterocycles. The smallest absolute Gasteiger partial charge is 0.405 e. The van der Waals surface area contributed by atoms with Crippen LogP contribution in [0, 0.1) is 0 Å². The molecule has 0 unspecified atom stereocenters. The Morgan fingerprint density at radius 3 is 2.29 bits per heavy atom. The van der Waals surface area contributed by atoms with Crippen molar-refractivity contribution in [1.82, 2.24) is 20.4 Å². The van der Waals surface area contributed by atoms with Gasteiger partial charge in [0.1, 0.15) is 23.7 Å². The summed E-state index contributed by atoms with van der Waals surface area (Å²) in [6.45, 7) is -0.446. The van der Waals surface area contributed by atoms with Crippen molar-refractivity contribution in [2.75, 3.05) is 33.9 Å². The lowest BCUT2D eigenvalue weighted by Gasteiger charge is -2.31. The summed E-state index contributed by atoms with van der Waals surface area (Å²) >= 11 is 0. The topological polar surface area (TPSA) is 96.6 Å². The number of aromatic amines is 1. The number of halogens is 3. The minimum Gasteiger partial charge on any atom is -0.497 e. The van der Waals surface area contributed by atoms with Crippen LogP contribution in [0.1, 0.15) is 45.3 Å². The van der Waals surface area contributed by atoms with Crippen LogP contribution in [0.25, 0.3) is 0 Å². The molecule has 1 saturated heterocycles. The van der Waals surface area contributed by atoms with Crippen LogP contribution in [-0.2, 0) is 0 Å². The maximum atomic E-state index is 12.9. The van der Waals surface area contributed by atoms with Gasteiger partial charge in [0.05, 0.1) is 14.2 Å². The van der Waals surface area contributed by atoms with Gasteiger partial charge in [0.15, 0.2) is 0 Å². The summed E-state index contributed by atoms with van der Waals surface area (Å²) in [5.41, 5.74) is 1.02. The summed E-state index contributed by atoms with van der Waals surface area (Å²) in [7, 11) is 3.02. The second-order valence-electron chi connectivity index (χ2n) is 7.17. The number of rotatable bonds is 6. The van der Waals surface area contributed by atoms with Crippen LogP contribution >= 0.6 is 0 Å². The van der Waals surface area contributed by atoms with Crippen LogP contribution in [0.15, 0.2) is 24.3 Å². The molecule has 0 atom stereocenters. The monoisotopic (exact) mass is 440 g/mol. The molecule has 168 valence electrons. The van der Waals surface area contributed by atoms with Crippen molar-refractivity contribution in [2.24, 2.45) is 0 Å². The van der Waals surface area contributed by atoms with E-state index in [1.165, 1.54) is 20.3 Å². The Labute approximate surface area is 176 Å². The Balaban J connectivity index is 1.59. The molecule has 0 spiro atoms. The Morgan fingerprint density at radius 2 is 1.74 bits per heavy atom. The fourth-order valence-electron chi connectivity index (χ4n) is 3.44. The van der Waals surface area contributed by atoms with E-state index in [0.717, 1.165) is 0 Å². The number of likely N-dealkylation sites (tertiary alicyclic amines) is 1. The zero-order valence-corrected chi connectivity index (χ0v) is 17.1. The molecule has 31 heavy (non-hydrogen) atoms. The number of hydrogen-bond acceptors (Lipinski definition) is 5. The van der Waals surface area contributed by atoms with Crippen molar-refractivity contribution < 1.29 is 32.2 Å². The van der Waals surface area contributed by atoms with Gasteiger partial charge in [0.25, 0.3) is 11.8 Å². The highest BCUT2D eigenvalue weighted by Crippen LogP contribution is 2.29. The van der Waals surface area contributed by atoms with Crippen molar-refractivity contribution >= 4 is 11.8 Å². The van der Waals surface area contributed by atoms with Crippen LogP contribution in [-0.4, -0.2) is 66.9 Å². The first-order valence-corrected chi connectivity index (χ1v) is 9.62. The van der Waals surface area contributed by atoms with Gasteiger partial charge in [-0.15, -0.1) is 0 Å². The molecule has 8 nitrogen and oxygen atoms in total. The lowest BCUT2D eigenvalue weighted by molar-refractivity contribution is -0.123. The van der Waals surface area contributed by atoms with Gasteiger partial charge in [-0.1, -0.05) is 0 Å². The molecular weight excluding hydrogens is 417 g/mol. The number of carbonyl (C=O) groups is 2. The third kappa shape index (κ3) is 5.68. The molecule has 1 aliphatic rings. The summed E-state index contributed by atoms with van der Waals surface area (Å²) in [4.78, 5) is 26.4. The van der Waals surface area contributed by atoms with Crippen LogP contribution in [0.4, 0.5) is 13.2 Å². The highest BCUT2D eigenvalue weighted by molar-refractivity contribution is 5.95. The highest BCUT2D eigenvalue weighted by atomic mass is 19.4. The summed E-state index contributed by atoms with van der Waals surface area (Å²) in [6.07, 6.45) is -3.24.